The number of nitrogens with zero attached hydrogens (tertiary/aromatic N) is 3. The van der Waals surface area contributed by atoms with Gasteiger partial charge < -0.3 is 4.98 Å². The van der Waals surface area contributed by atoms with E-state index in [0.29, 0.717) is 46.4 Å². The molecule has 0 amide bonds. The van der Waals surface area contributed by atoms with Gasteiger partial charge >= 0.3 is 0 Å². The second-order valence-electron chi connectivity index (χ2n) is 8.42. The molecule has 3 saturated carbocycles. The van der Waals surface area contributed by atoms with Crippen molar-refractivity contribution in [1.82, 2.24) is 19.9 Å². The fourth-order valence-electron chi connectivity index (χ4n) is 5.56. The largest absolute Gasteiger partial charge is 0.345 e. The zero-order valence-corrected chi connectivity index (χ0v) is 16.2. The van der Waals surface area contributed by atoms with Crippen molar-refractivity contribution in [2.75, 3.05) is 0 Å². The van der Waals surface area contributed by atoms with Crippen LogP contribution in [0.4, 0.5) is 8.78 Å². The molecular formula is C22H22F2N4O. The van der Waals surface area contributed by atoms with Gasteiger partial charge in [-0.3, -0.25) is 4.79 Å². The summed E-state index contributed by atoms with van der Waals surface area (Å²) < 4.78 is 28.3. The van der Waals surface area contributed by atoms with Gasteiger partial charge in [-0.05, 0) is 62.8 Å². The Morgan fingerprint density at radius 2 is 1.90 bits per heavy atom. The summed E-state index contributed by atoms with van der Waals surface area (Å²) in [4.78, 5) is 28.0. The average Bonchev–Trinajstić information content (AvgIpc) is 3.13. The van der Waals surface area contributed by atoms with Gasteiger partial charge in [0.05, 0.1) is 18.1 Å². The van der Waals surface area contributed by atoms with Gasteiger partial charge in [-0.2, -0.15) is 0 Å². The molecule has 2 bridgehead atoms. The van der Waals surface area contributed by atoms with Crippen molar-refractivity contribution in [1.29, 1.82) is 0 Å². The minimum atomic E-state index is -0.457. The average molecular weight is 396 g/mol. The number of carbonyl (C=O) groups excluding carboxylic acids is 1. The van der Waals surface area contributed by atoms with Crippen LogP contribution < -0.4 is 0 Å². The molecule has 3 fully saturated rings. The maximum Gasteiger partial charge on any atom is 0.163 e. The van der Waals surface area contributed by atoms with Crippen LogP contribution in [0.2, 0.25) is 0 Å². The van der Waals surface area contributed by atoms with Crippen LogP contribution >= 0.6 is 0 Å². The molecule has 0 saturated heterocycles. The molecule has 3 aliphatic carbocycles. The van der Waals surface area contributed by atoms with E-state index in [1.807, 2.05) is 0 Å². The Hall–Kier alpha value is -2.70. The van der Waals surface area contributed by atoms with Gasteiger partial charge in [-0.25, -0.2) is 23.7 Å². The molecular weight excluding hydrogens is 374 g/mol. The molecule has 29 heavy (non-hydrogen) atoms. The van der Waals surface area contributed by atoms with Crippen molar-refractivity contribution in [3.63, 3.8) is 0 Å². The van der Waals surface area contributed by atoms with E-state index in [1.54, 1.807) is 13.1 Å². The Labute approximate surface area is 167 Å². The smallest absolute Gasteiger partial charge is 0.163 e. The van der Waals surface area contributed by atoms with E-state index in [4.69, 9.17) is 0 Å². The van der Waals surface area contributed by atoms with E-state index >= 15 is 0 Å². The van der Waals surface area contributed by atoms with Crippen molar-refractivity contribution in [3.05, 3.63) is 42.0 Å². The monoisotopic (exact) mass is 396 g/mol. The molecule has 1 N–H and O–H groups in total. The molecule has 5 nitrogen and oxygen atoms in total. The highest BCUT2D eigenvalue weighted by Crippen LogP contribution is 2.50. The maximum atomic E-state index is 14.6. The summed E-state index contributed by atoms with van der Waals surface area (Å²) in [6.45, 7) is 1.66. The second kappa shape index (κ2) is 6.97. The highest BCUT2D eigenvalue weighted by atomic mass is 19.1. The first kappa shape index (κ1) is 18.3. The van der Waals surface area contributed by atoms with Crippen LogP contribution in [0.15, 0.2) is 24.7 Å². The summed E-state index contributed by atoms with van der Waals surface area (Å²) in [7, 11) is 0. The normalized spacial score (nSPS) is 26.2. The van der Waals surface area contributed by atoms with E-state index in [1.165, 1.54) is 12.3 Å². The van der Waals surface area contributed by atoms with Gasteiger partial charge in [0.1, 0.15) is 17.2 Å². The molecule has 0 radical (unpaired) electrons. The zero-order chi connectivity index (χ0) is 20.1. The van der Waals surface area contributed by atoms with Crippen LogP contribution in [0.3, 0.4) is 0 Å². The number of nitrogens with one attached hydrogen (secondary N) is 1. The summed E-state index contributed by atoms with van der Waals surface area (Å²) in [5.41, 5.74) is 1.44. The van der Waals surface area contributed by atoms with Crippen LogP contribution in [-0.2, 0) is 11.2 Å². The molecule has 6 rings (SSSR count). The number of fused-ring (bicyclic) bond motifs is 4. The minimum Gasteiger partial charge on any atom is -0.345 e. The van der Waals surface area contributed by atoms with E-state index in [0.717, 1.165) is 31.9 Å². The Bertz CT molecular complexity index is 1090. The Morgan fingerprint density at radius 3 is 2.66 bits per heavy atom. The minimum absolute atomic E-state index is 0.00769. The molecule has 0 aromatic carbocycles. The van der Waals surface area contributed by atoms with Crippen LogP contribution in [0.5, 0.6) is 0 Å². The molecule has 0 aliphatic heterocycles. The van der Waals surface area contributed by atoms with Gasteiger partial charge in [0.2, 0.25) is 0 Å². The lowest BCUT2D eigenvalue weighted by atomic mass is 9.56. The third kappa shape index (κ3) is 3.12. The lowest BCUT2D eigenvalue weighted by Crippen LogP contribution is -2.44. The number of aromatic nitrogens is 4. The molecule has 150 valence electrons. The summed E-state index contributed by atoms with van der Waals surface area (Å²) in [6.07, 6.45) is 8.80. The number of halogens is 2. The number of ketones is 1. The molecule has 3 aromatic rings. The predicted molar refractivity (Wildman–Crippen MR) is 104 cm³/mol. The van der Waals surface area contributed by atoms with Crippen LogP contribution in [-0.4, -0.2) is 25.7 Å². The first-order valence-electron chi connectivity index (χ1n) is 10.2. The predicted octanol–water partition coefficient (Wildman–Crippen LogP) is 4.48. The fraction of sp³-hybridized carbons (Fsp3) is 0.455. The maximum absolute atomic E-state index is 14.6. The summed E-state index contributed by atoms with van der Waals surface area (Å²) in [5.74, 6) is 0.598. The first-order chi connectivity index (χ1) is 14.0. The molecule has 3 aromatic heterocycles. The Morgan fingerprint density at radius 1 is 1.14 bits per heavy atom. The highest BCUT2D eigenvalue weighted by Gasteiger charge is 2.45. The third-order valence-electron chi connectivity index (χ3n) is 6.84. The lowest BCUT2D eigenvalue weighted by Gasteiger charge is -2.47. The molecule has 0 spiro atoms. The van der Waals surface area contributed by atoms with Crippen molar-refractivity contribution in [2.45, 2.75) is 39.0 Å². The SMILES string of the molecule is CC(=O)[C@H]1C2CCC(CC2)[C@@H]1Cc1nc(-c2c[nH]c3ncc(F)cc23)ncc1F. The van der Waals surface area contributed by atoms with E-state index < -0.39 is 11.6 Å². The summed E-state index contributed by atoms with van der Waals surface area (Å²) in [6, 6.07) is 1.37. The molecule has 3 aliphatic rings. The second-order valence-corrected chi connectivity index (χ2v) is 8.42. The number of Topliss-reactive ketones (excluding diaryl/α,β-unsaturated/α-hetero) is 1. The number of rotatable bonds is 4. The summed E-state index contributed by atoms with van der Waals surface area (Å²) in [5, 5.41) is 0.556. The van der Waals surface area contributed by atoms with Crippen molar-refractivity contribution in [3.8, 4) is 11.4 Å². The highest BCUT2D eigenvalue weighted by molar-refractivity contribution is 5.91. The van der Waals surface area contributed by atoms with Crippen LogP contribution in [0.1, 0.15) is 38.3 Å². The molecule has 3 heterocycles. The number of carbonyl (C=O) groups is 1. The van der Waals surface area contributed by atoms with E-state index in [9.17, 15) is 13.6 Å². The van der Waals surface area contributed by atoms with Crippen LogP contribution in [0, 0.1) is 35.3 Å². The van der Waals surface area contributed by atoms with Crippen molar-refractivity contribution < 1.29 is 13.6 Å². The van der Waals surface area contributed by atoms with Crippen LogP contribution in [0.25, 0.3) is 22.4 Å². The van der Waals surface area contributed by atoms with Gasteiger partial charge in [0, 0.05) is 23.1 Å². The quantitative estimate of drug-likeness (QED) is 0.706. The third-order valence-corrected chi connectivity index (χ3v) is 6.84. The Kier molecular flexibility index (Phi) is 4.41. The molecule has 0 unspecified atom stereocenters. The standard InChI is InChI=1S/C22H22F2N4O/c1-11(29)20-13-4-2-12(3-5-13)15(20)7-19-18(24)10-27-22(28-19)17-9-26-21-16(17)6-14(23)8-25-21/h6,8-10,12-13,15,20H,2-5,7H2,1H3,(H,25,26)/t12?,13?,15-,20-/m0/s1. The van der Waals surface area contributed by atoms with Crippen molar-refractivity contribution >= 4 is 16.8 Å². The van der Waals surface area contributed by atoms with Gasteiger partial charge in [0.15, 0.2) is 11.6 Å². The van der Waals surface area contributed by atoms with Crippen molar-refractivity contribution in [2.24, 2.45) is 23.7 Å². The number of hydrogen-bond acceptors (Lipinski definition) is 4. The summed E-state index contributed by atoms with van der Waals surface area (Å²) >= 11 is 0. The zero-order valence-electron chi connectivity index (χ0n) is 16.2. The number of pyridine rings is 1. The van der Waals surface area contributed by atoms with Gasteiger partial charge in [-0.15, -0.1) is 0 Å². The fourth-order valence-corrected chi connectivity index (χ4v) is 5.56. The number of hydrogen-bond donors (Lipinski definition) is 1. The van der Waals surface area contributed by atoms with Gasteiger partial charge in [0.25, 0.3) is 0 Å². The van der Waals surface area contributed by atoms with Gasteiger partial charge in [-0.1, -0.05) is 0 Å². The number of aromatic amines is 1. The Balaban J connectivity index is 1.51. The first-order valence-corrected chi connectivity index (χ1v) is 10.2. The van der Waals surface area contributed by atoms with E-state index in [-0.39, 0.29) is 17.6 Å². The van der Waals surface area contributed by atoms with E-state index in [2.05, 4.69) is 19.9 Å². The molecule has 2 atom stereocenters. The molecule has 7 heteroatoms. The lowest BCUT2D eigenvalue weighted by molar-refractivity contribution is -0.130. The number of H-pyrrole nitrogens is 1. The topological polar surface area (TPSA) is 71.5 Å².